The lowest BCUT2D eigenvalue weighted by Crippen LogP contribution is -2.21. The van der Waals surface area contributed by atoms with Gasteiger partial charge in [-0.25, -0.2) is 4.39 Å². The van der Waals surface area contributed by atoms with E-state index in [9.17, 15) is 9.50 Å². The molecule has 0 aliphatic carbocycles. The third-order valence-corrected chi connectivity index (χ3v) is 2.67. The Morgan fingerprint density at radius 3 is 2.68 bits per heavy atom. The van der Waals surface area contributed by atoms with E-state index in [1.54, 1.807) is 13.8 Å². The molecule has 0 unspecified atom stereocenters. The Balaban J connectivity index is 2.53. The van der Waals surface area contributed by atoms with Crippen molar-refractivity contribution in [1.29, 1.82) is 0 Å². The quantitative estimate of drug-likeness (QED) is 0.713. The normalized spacial score (nSPS) is 11.6. The highest BCUT2D eigenvalue weighted by molar-refractivity contribution is 5.29. The number of hydrogen-bond donors (Lipinski definition) is 2. The van der Waals surface area contributed by atoms with Crippen LogP contribution in [0, 0.1) is 5.82 Å². The van der Waals surface area contributed by atoms with Crippen LogP contribution in [0.25, 0.3) is 0 Å². The second kappa shape index (κ2) is 7.46. The lowest BCUT2D eigenvalue weighted by molar-refractivity contribution is 0.0553. The molecule has 0 saturated heterocycles. The van der Waals surface area contributed by atoms with E-state index in [-0.39, 0.29) is 5.82 Å². The van der Waals surface area contributed by atoms with Crippen LogP contribution in [-0.4, -0.2) is 23.9 Å². The van der Waals surface area contributed by atoms with Gasteiger partial charge < -0.3 is 15.2 Å². The van der Waals surface area contributed by atoms with Crippen molar-refractivity contribution in [2.75, 3.05) is 13.2 Å². The first kappa shape index (κ1) is 15.9. The Bertz CT molecular complexity index is 388. The van der Waals surface area contributed by atoms with Crippen LogP contribution in [0.3, 0.4) is 0 Å². The van der Waals surface area contributed by atoms with Gasteiger partial charge in [0.1, 0.15) is 11.6 Å². The number of ether oxygens (including phenoxy) is 1. The molecule has 0 saturated carbocycles. The summed E-state index contributed by atoms with van der Waals surface area (Å²) in [5.41, 5.74) is 0.102. The van der Waals surface area contributed by atoms with Crippen LogP contribution in [0.1, 0.15) is 39.2 Å². The zero-order chi connectivity index (χ0) is 14.3. The molecule has 0 fully saturated rings. The van der Waals surface area contributed by atoms with Crippen LogP contribution in [0.15, 0.2) is 18.2 Å². The van der Waals surface area contributed by atoms with Gasteiger partial charge in [0.25, 0.3) is 0 Å². The molecule has 19 heavy (non-hydrogen) atoms. The van der Waals surface area contributed by atoms with Gasteiger partial charge in [-0.1, -0.05) is 6.92 Å². The van der Waals surface area contributed by atoms with Crippen LogP contribution in [0.4, 0.5) is 4.39 Å². The highest BCUT2D eigenvalue weighted by Gasteiger charge is 2.12. The molecule has 0 spiro atoms. The van der Waals surface area contributed by atoms with Crippen LogP contribution in [0.5, 0.6) is 5.75 Å². The number of rotatable bonds is 8. The smallest absolute Gasteiger partial charge is 0.127 e. The predicted molar refractivity (Wildman–Crippen MR) is 74.8 cm³/mol. The van der Waals surface area contributed by atoms with E-state index < -0.39 is 5.60 Å². The Hall–Kier alpha value is -1.13. The molecule has 0 radical (unpaired) electrons. The molecular formula is C15H24FNO2. The van der Waals surface area contributed by atoms with Crippen molar-refractivity contribution < 1.29 is 14.2 Å². The fraction of sp³-hybridized carbons (Fsp3) is 0.600. The monoisotopic (exact) mass is 269 g/mol. The average Bonchev–Trinajstić information content (AvgIpc) is 2.27. The number of aliphatic hydroxyl groups is 1. The van der Waals surface area contributed by atoms with Crippen LogP contribution < -0.4 is 10.1 Å². The van der Waals surface area contributed by atoms with Crippen molar-refractivity contribution in [2.24, 2.45) is 0 Å². The molecule has 1 aromatic rings. The van der Waals surface area contributed by atoms with Gasteiger partial charge in [-0.15, -0.1) is 0 Å². The van der Waals surface area contributed by atoms with Gasteiger partial charge >= 0.3 is 0 Å². The fourth-order valence-corrected chi connectivity index (χ4v) is 1.63. The summed E-state index contributed by atoms with van der Waals surface area (Å²) in [7, 11) is 0. The first-order valence-corrected chi connectivity index (χ1v) is 6.76. The first-order valence-electron chi connectivity index (χ1n) is 6.76. The standard InChI is InChI=1S/C15H24FNO2/c1-4-6-17-11-12-8-13(16)10-14(9-12)19-7-5-15(2,3)18/h8-10,17-18H,4-7,11H2,1-3H3. The zero-order valence-corrected chi connectivity index (χ0v) is 12.0. The lowest BCUT2D eigenvalue weighted by Gasteiger charge is -2.17. The minimum atomic E-state index is -0.765. The summed E-state index contributed by atoms with van der Waals surface area (Å²) < 4.78 is 18.9. The molecule has 108 valence electrons. The summed E-state index contributed by atoms with van der Waals surface area (Å²) in [6.45, 7) is 7.45. The highest BCUT2D eigenvalue weighted by Crippen LogP contribution is 2.18. The molecule has 1 aromatic carbocycles. The molecule has 1 rings (SSSR count). The maximum absolute atomic E-state index is 13.4. The van der Waals surface area contributed by atoms with Crippen molar-refractivity contribution in [3.8, 4) is 5.75 Å². The first-order chi connectivity index (χ1) is 8.90. The SMILES string of the molecule is CCCNCc1cc(F)cc(OCCC(C)(C)O)c1. The molecule has 2 N–H and O–H groups in total. The van der Waals surface area contributed by atoms with E-state index in [2.05, 4.69) is 12.2 Å². The predicted octanol–water partition coefficient (Wildman–Crippen LogP) is 2.87. The number of halogens is 1. The summed E-state index contributed by atoms with van der Waals surface area (Å²) in [5, 5.41) is 12.8. The minimum absolute atomic E-state index is 0.297. The molecular weight excluding hydrogens is 245 g/mol. The molecule has 3 nitrogen and oxygen atoms in total. The number of benzene rings is 1. The summed E-state index contributed by atoms with van der Waals surface area (Å²) >= 11 is 0. The third-order valence-electron chi connectivity index (χ3n) is 2.67. The molecule has 0 aliphatic rings. The van der Waals surface area contributed by atoms with E-state index in [0.29, 0.717) is 25.3 Å². The van der Waals surface area contributed by atoms with Crippen molar-refractivity contribution >= 4 is 0 Å². The number of hydrogen-bond acceptors (Lipinski definition) is 3. The van der Waals surface area contributed by atoms with E-state index >= 15 is 0 Å². The maximum Gasteiger partial charge on any atom is 0.127 e. The summed E-state index contributed by atoms with van der Waals surface area (Å²) in [5.74, 6) is 0.214. The van der Waals surface area contributed by atoms with Gasteiger partial charge in [0, 0.05) is 19.0 Å². The summed E-state index contributed by atoms with van der Waals surface area (Å²) in [6, 6.07) is 4.70. The Labute approximate surface area is 114 Å². The van der Waals surface area contributed by atoms with E-state index in [1.807, 2.05) is 6.07 Å². The largest absolute Gasteiger partial charge is 0.493 e. The second-order valence-electron chi connectivity index (χ2n) is 5.38. The van der Waals surface area contributed by atoms with Crippen molar-refractivity contribution in [1.82, 2.24) is 5.32 Å². The van der Waals surface area contributed by atoms with Gasteiger partial charge in [-0.3, -0.25) is 0 Å². The molecule has 0 bridgehead atoms. The molecule has 0 amide bonds. The van der Waals surface area contributed by atoms with Crippen molar-refractivity contribution in [2.45, 2.75) is 45.8 Å². The third kappa shape index (κ3) is 7.13. The van der Waals surface area contributed by atoms with E-state index in [4.69, 9.17) is 4.74 Å². The molecule has 0 atom stereocenters. The molecule has 0 aromatic heterocycles. The molecule has 0 heterocycles. The van der Waals surface area contributed by atoms with Gasteiger partial charge in [0.2, 0.25) is 0 Å². The summed E-state index contributed by atoms with van der Waals surface area (Å²) in [6.07, 6.45) is 1.55. The van der Waals surface area contributed by atoms with Crippen molar-refractivity contribution in [3.63, 3.8) is 0 Å². The number of nitrogens with one attached hydrogen (secondary N) is 1. The van der Waals surface area contributed by atoms with Crippen LogP contribution >= 0.6 is 0 Å². The Morgan fingerprint density at radius 1 is 1.32 bits per heavy atom. The fourth-order valence-electron chi connectivity index (χ4n) is 1.63. The maximum atomic E-state index is 13.4. The van der Waals surface area contributed by atoms with E-state index in [1.165, 1.54) is 12.1 Å². The minimum Gasteiger partial charge on any atom is -0.493 e. The average molecular weight is 269 g/mol. The summed E-state index contributed by atoms with van der Waals surface area (Å²) in [4.78, 5) is 0. The topological polar surface area (TPSA) is 41.5 Å². The van der Waals surface area contributed by atoms with Crippen molar-refractivity contribution in [3.05, 3.63) is 29.6 Å². The zero-order valence-electron chi connectivity index (χ0n) is 12.0. The Kier molecular flexibility index (Phi) is 6.25. The van der Waals surface area contributed by atoms with Gasteiger partial charge in [-0.05, 0) is 44.5 Å². The highest BCUT2D eigenvalue weighted by atomic mass is 19.1. The van der Waals surface area contributed by atoms with Gasteiger partial charge in [0.15, 0.2) is 0 Å². The van der Waals surface area contributed by atoms with Gasteiger partial charge in [0.05, 0.1) is 12.2 Å². The van der Waals surface area contributed by atoms with Gasteiger partial charge in [-0.2, -0.15) is 0 Å². The lowest BCUT2D eigenvalue weighted by atomic mass is 10.1. The Morgan fingerprint density at radius 2 is 2.05 bits per heavy atom. The van der Waals surface area contributed by atoms with E-state index in [0.717, 1.165) is 18.5 Å². The second-order valence-corrected chi connectivity index (χ2v) is 5.38. The molecule has 4 heteroatoms. The molecule has 0 aliphatic heterocycles. The van der Waals surface area contributed by atoms with Crippen LogP contribution in [-0.2, 0) is 6.54 Å². The van der Waals surface area contributed by atoms with Crippen LogP contribution in [0.2, 0.25) is 0 Å².